The largest absolute Gasteiger partial charge is 0.348 e. The number of carbonyl (C=O) groups is 1. The molecule has 1 aromatic heterocycles. The van der Waals surface area contributed by atoms with E-state index in [4.69, 9.17) is 4.98 Å². The van der Waals surface area contributed by atoms with Gasteiger partial charge in [-0.3, -0.25) is 4.79 Å². The molecule has 0 atom stereocenters. The summed E-state index contributed by atoms with van der Waals surface area (Å²) in [7, 11) is 0. The molecule has 2 aromatic rings. The summed E-state index contributed by atoms with van der Waals surface area (Å²) in [6.07, 6.45) is 7.11. The maximum atomic E-state index is 12.0. The van der Waals surface area contributed by atoms with Gasteiger partial charge < -0.3 is 10.2 Å². The highest BCUT2D eigenvalue weighted by Crippen LogP contribution is 2.30. The highest BCUT2D eigenvalue weighted by molar-refractivity contribution is 7.14. The van der Waals surface area contributed by atoms with Gasteiger partial charge in [-0.1, -0.05) is 18.6 Å². The van der Waals surface area contributed by atoms with Crippen LogP contribution in [0.15, 0.2) is 29.6 Å². The summed E-state index contributed by atoms with van der Waals surface area (Å²) in [6, 6.07) is 8.05. The zero-order valence-electron chi connectivity index (χ0n) is 13.8. The lowest BCUT2D eigenvalue weighted by atomic mass is 9.85. The molecule has 4 nitrogen and oxygen atoms in total. The monoisotopic (exact) mass is 341 g/mol. The minimum absolute atomic E-state index is 0.162. The summed E-state index contributed by atoms with van der Waals surface area (Å²) in [5.41, 5.74) is 3.01. The van der Waals surface area contributed by atoms with E-state index in [9.17, 15) is 4.79 Å². The quantitative estimate of drug-likeness (QED) is 0.888. The van der Waals surface area contributed by atoms with Gasteiger partial charge in [0.25, 0.3) is 0 Å². The van der Waals surface area contributed by atoms with E-state index >= 15 is 0 Å². The second-order valence-electron chi connectivity index (χ2n) is 6.76. The van der Waals surface area contributed by atoms with Gasteiger partial charge in [-0.25, -0.2) is 4.98 Å². The van der Waals surface area contributed by atoms with Crippen molar-refractivity contribution in [3.8, 4) is 11.3 Å². The van der Waals surface area contributed by atoms with Crippen LogP contribution in [0.5, 0.6) is 0 Å². The summed E-state index contributed by atoms with van der Waals surface area (Å²) in [5, 5.41) is 6.28. The van der Waals surface area contributed by atoms with Crippen LogP contribution < -0.4 is 10.2 Å². The molecule has 0 spiro atoms. The Hall–Kier alpha value is -1.88. The Morgan fingerprint density at radius 3 is 2.50 bits per heavy atom. The molecule has 1 aromatic carbocycles. The summed E-state index contributed by atoms with van der Waals surface area (Å²) in [5.74, 6) is 0.380. The normalized spacial score (nSPS) is 18.2. The topological polar surface area (TPSA) is 45.2 Å². The molecule has 1 saturated carbocycles. The Morgan fingerprint density at radius 1 is 1.08 bits per heavy atom. The molecule has 0 radical (unpaired) electrons. The molecule has 2 aliphatic rings. The van der Waals surface area contributed by atoms with Gasteiger partial charge in [0.15, 0.2) is 5.13 Å². The third kappa shape index (κ3) is 3.31. The van der Waals surface area contributed by atoms with Crippen molar-refractivity contribution in [1.82, 2.24) is 4.98 Å². The van der Waals surface area contributed by atoms with Crippen molar-refractivity contribution in [2.45, 2.75) is 38.5 Å². The standard InChI is InChI=1S/C19H23N3OS/c23-18(15-5-4-6-15)20-16-9-7-14(8-10-16)17-13-24-19(21-17)22-11-2-1-3-12-22/h7-10,13,15H,1-6,11-12H2,(H,20,23). The smallest absolute Gasteiger partial charge is 0.227 e. The lowest BCUT2D eigenvalue weighted by Gasteiger charge is -2.25. The molecule has 1 saturated heterocycles. The molecular weight excluding hydrogens is 318 g/mol. The number of hydrogen-bond donors (Lipinski definition) is 1. The van der Waals surface area contributed by atoms with E-state index in [1.807, 2.05) is 24.3 Å². The number of rotatable bonds is 4. The van der Waals surface area contributed by atoms with Crippen LogP contribution in [0.25, 0.3) is 11.3 Å². The van der Waals surface area contributed by atoms with Crippen LogP contribution in [-0.4, -0.2) is 24.0 Å². The predicted octanol–water partition coefficient (Wildman–Crippen LogP) is 4.54. The van der Waals surface area contributed by atoms with Gasteiger partial charge in [-0.05, 0) is 44.2 Å². The lowest BCUT2D eigenvalue weighted by molar-refractivity contribution is -0.122. The molecule has 1 amide bonds. The number of anilines is 2. The first kappa shape index (κ1) is 15.6. The fourth-order valence-electron chi connectivity index (χ4n) is 3.27. The number of carbonyl (C=O) groups excluding carboxylic acids is 1. The van der Waals surface area contributed by atoms with Crippen molar-refractivity contribution in [2.75, 3.05) is 23.3 Å². The van der Waals surface area contributed by atoms with Crippen LogP contribution in [0.2, 0.25) is 0 Å². The van der Waals surface area contributed by atoms with Gasteiger partial charge in [0, 0.05) is 35.6 Å². The molecule has 2 fully saturated rings. The van der Waals surface area contributed by atoms with Crippen molar-refractivity contribution >= 4 is 28.1 Å². The Bertz CT molecular complexity index is 700. The van der Waals surface area contributed by atoms with E-state index < -0.39 is 0 Å². The van der Waals surface area contributed by atoms with Crippen molar-refractivity contribution in [3.05, 3.63) is 29.6 Å². The molecule has 2 heterocycles. The van der Waals surface area contributed by atoms with Gasteiger partial charge >= 0.3 is 0 Å². The number of nitrogens with zero attached hydrogens (tertiary/aromatic N) is 2. The van der Waals surface area contributed by atoms with E-state index in [0.29, 0.717) is 0 Å². The molecule has 5 heteroatoms. The first-order valence-electron chi connectivity index (χ1n) is 8.91. The average molecular weight is 341 g/mol. The molecule has 1 aliphatic carbocycles. The second-order valence-corrected chi connectivity index (χ2v) is 7.59. The third-order valence-electron chi connectivity index (χ3n) is 5.04. The minimum Gasteiger partial charge on any atom is -0.348 e. The number of amides is 1. The zero-order valence-corrected chi connectivity index (χ0v) is 14.6. The van der Waals surface area contributed by atoms with Gasteiger partial charge in [0.1, 0.15) is 0 Å². The zero-order chi connectivity index (χ0) is 16.4. The fraction of sp³-hybridized carbons (Fsp3) is 0.474. The number of hydrogen-bond acceptors (Lipinski definition) is 4. The Morgan fingerprint density at radius 2 is 1.83 bits per heavy atom. The number of piperidine rings is 1. The maximum absolute atomic E-state index is 12.0. The molecule has 0 unspecified atom stereocenters. The average Bonchev–Trinajstić information content (AvgIpc) is 3.05. The molecule has 1 aliphatic heterocycles. The highest BCUT2D eigenvalue weighted by Gasteiger charge is 2.25. The van der Waals surface area contributed by atoms with Gasteiger partial charge in [0.05, 0.1) is 5.69 Å². The van der Waals surface area contributed by atoms with E-state index in [1.165, 1.54) is 25.7 Å². The van der Waals surface area contributed by atoms with Gasteiger partial charge in [-0.15, -0.1) is 11.3 Å². The minimum atomic E-state index is 0.162. The summed E-state index contributed by atoms with van der Waals surface area (Å²) < 4.78 is 0. The maximum Gasteiger partial charge on any atom is 0.227 e. The summed E-state index contributed by atoms with van der Waals surface area (Å²) >= 11 is 1.73. The van der Waals surface area contributed by atoms with Crippen molar-refractivity contribution in [1.29, 1.82) is 0 Å². The summed E-state index contributed by atoms with van der Waals surface area (Å²) in [6.45, 7) is 2.25. The molecular formula is C19H23N3OS. The Labute approximate surface area is 146 Å². The van der Waals surface area contributed by atoms with E-state index in [2.05, 4.69) is 15.6 Å². The Balaban J connectivity index is 1.42. The third-order valence-corrected chi connectivity index (χ3v) is 5.94. The Kier molecular flexibility index (Phi) is 4.52. The molecule has 24 heavy (non-hydrogen) atoms. The highest BCUT2D eigenvalue weighted by atomic mass is 32.1. The number of thiazole rings is 1. The van der Waals surface area contributed by atoms with Crippen LogP contribution in [0.1, 0.15) is 38.5 Å². The molecule has 1 N–H and O–H groups in total. The second kappa shape index (κ2) is 6.93. The van der Waals surface area contributed by atoms with Crippen LogP contribution in [-0.2, 0) is 4.79 Å². The SMILES string of the molecule is O=C(Nc1ccc(-c2csc(N3CCCCC3)n2)cc1)C1CCC1. The van der Waals surface area contributed by atoms with Crippen molar-refractivity contribution in [2.24, 2.45) is 5.92 Å². The van der Waals surface area contributed by atoms with Crippen LogP contribution >= 0.6 is 11.3 Å². The first-order chi connectivity index (χ1) is 11.8. The van der Waals surface area contributed by atoms with E-state index in [1.54, 1.807) is 11.3 Å². The van der Waals surface area contributed by atoms with Crippen LogP contribution in [0.4, 0.5) is 10.8 Å². The first-order valence-corrected chi connectivity index (χ1v) is 9.79. The van der Waals surface area contributed by atoms with Crippen molar-refractivity contribution < 1.29 is 4.79 Å². The van der Waals surface area contributed by atoms with Crippen LogP contribution in [0.3, 0.4) is 0 Å². The molecule has 0 bridgehead atoms. The lowest BCUT2D eigenvalue weighted by Crippen LogP contribution is -2.29. The fourth-order valence-corrected chi connectivity index (χ4v) is 4.15. The number of aromatic nitrogens is 1. The molecule has 4 rings (SSSR count). The van der Waals surface area contributed by atoms with E-state index in [0.717, 1.165) is 48.0 Å². The van der Waals surface area contributed by atoms with Gasteiger partial charge in [-0.2, -0.15) is 0 Å². The van der Waals surface area contributed by atoms with Crippen molar-refractivity contribution in [3.63, 3.8) is 0 Å². The van der Waals surface area contributed by atoms with Crippen LogP contribution in [0, 0.1) is 5.92 Å². The van der Waals surface area contributed by atoms with Gasteiger partial charge in [0.2, 0.25) is 5.91 Å². The number of nitrogens with one attached hydrogen (secondary N) is 1. The van der Waals surface area contributed by atoms with E-state index in [-0.39, 0.29) is 11.8 Å². The predicted molar refractivity (Wildman–Crippen MR) is 99.6 cm³/mol. The molecule has 126 valence electrons. The summed E-state index contributed by atoms with van der Waals surface area (Å²) in [4.78, 5) is 19.2. The number of benzene rings is 1.